The van der Waals surface area contributed by atoms with Crippen LogP contribution < -0.4 is 5.32 Å². The summed E-state index contributed by atoms with van der Waals surface area (Å²) < 4.78 is 65.5. The van der Waals surface area contributed by atoms with Crippen LogP contribution in [-0.4, -0.2) is 29.3 Å². The van der Waals surface area contributed by atoms with Gasteiger partial charge in [-0.25, -0.2) is 13.6 Å². The standard InChI is InChI=1S/C18H14ClF5N2O/c19-15(21)8-10-1-6-14-13(7-10)16(11-2-4-12(20)5-3-11)26(17(27)25-14)9-18(22,23)24/h1-7,15-16H,8-9H2,(H,25,27). The molecule has 0 fully saturated rings. The van der Waals surface area contributed by atoms with Crippen LogP contribution in [0.2, 0.25) is 0 Å². The van der Waals surface area contributed by atoms with Gasteiger partial charge in [0.25, 0.3) is 0 Å². The Morgan fingerprint density at radius 1 is 1.15 bits per heavy atom. The van der Waals surface area contributed by atoms with Crippen molar-refractivity contribution in [1.29, 1.82) is 0 Å². The third kappa shape index (κ3) is 4.50. The number of carbonyl (C=O) groups excluding carboxylic acids is 1. The van der Waals surface area contributed by atoms with E-state index >= 15 is 0 Å². The van der Waals surface area contributed by atoms with Crippen LogP contribution in [0.3, 0.4) is 0 Å². The summed E-state index contributed by atoms with van der Waals surface area (Å²) >= 11 is 5.37. The highest BCUT2D eigenvalue weighted by atomic mass is 35.5. The minimum atomic E-state index is -4.63. The van der Waals surface area contributed by atoms with E-state index < -0.39 is 36.2 Å². The number of carbonyl (C=O) groups is 1. The Balaban J connectivity index is 2.12. The molecule has 2 unspecified atom stereocenters. The molecule has 3 nitrogen and oxygen atoms in total. The Hall–Kier alpha value is -2.35. The van der Waals surface area contributed by atoms with Gasteiger partial charge in [-0.1, -0.05) is 35.9 Å². The lowest BCUT2D eigenvalue weighted by atomic mass is 9.92. The van der Waals surface area contributed by atoms with Crippen LogP contribution in [0.1, 0.15) is 22.7 Å². The van der Waals surface area contributed by atoms with E-state index in [-0.39, 0.29) is 6.42 Å². The lowest BCUT2D eigenvalue weighted by Crippen LogP contribution is -2.47. The van der Waals surface area contributed by atoms with Crippen molar-refractivity contribution in [2.75, 3.05) is 11.9 Å². The van der Waals surface area contributed by atoms with E-state index in [4.69, 9.17) is 11.6 Å². The molecule has 1 aliphatic heterocycles. The molecule has 144 valence electrons. The molecule has 27 heavy (non-hydrogen) atoms. The maximum Gasteiger partial charge on any atom is 0.406 e. The number of anilines is 1. The predicted octanol–water partition coefficient (Wildman–Crippen LogP) is 5.40. The Morgan fingerprint density at radius 3 is 2.41 bits per heavy atom. The first-order valence-corrected chi connectivity index (χ1v) is 8.38. The van der Waals surface area contributed by atoms with Crippen molar-refractivity contribution in [3.63, 3.8) is 0 Å². The molecule has 0 bridgehead atoms. The number of benzene rings is 2. The predicted molar refractivity (Wildman–Crippen MR) is 90.9 cm³/mol. The van der Waals surface area contributed by atoms with Gasteiger partial charge in [0.2, 0.25) is 0 Å². The molecule has 2 atom stereocenters. The van der Waals surface area contributed by atoms with Crippen molar-refractivity contribution in [1.82, 2.24) is 4.90 Å². The van der Waals surface area contributed by atoms with Gasteiger partial charge < -0.3 is 10.2 Å². The minimum absolute atomic E-state index is 0.141. The second kappa shape index (κ2) is 7.34. The number of nitrogens with one attached hydrogen (secondary N) is 1. The van der Waals surface area contributed by atoms with Crippen LogP contribution in [0.25, 0.3) is 0 Å². The molecule has 0 saturated heterocycles. The number of urea groups is 1. The fourth-order valence-corrected chi connectivity index (χ4v) is 3.27. The molecule has 0 spiro atoms. The fraction of sp³-hybridized carbons (Fsp3) is 0.278. The molecule has 3 rings (SSSR count). The summed E-state index contributed by atoms with van der Waals surface area (Å²) in [5, 5.41) is 2.41. The molecule has 0 aliphatic carbocycles. The van der Waals surface area contributed by atoms with Gasteiger partial charge in [-0.2, -0.15) is 13.2 Å². The molecule has 2 aromatic rings. The quantitative estimate of drug-likeness (QED) is 0.537. The summed E-state index contributed by atoms with van der Waals surface area (Å²) in [6, 6.07) is 7.34. The van der Waals surface area contributed by atoms with Crippen molar-refractivity contribution >= 4 is 23.3 Å². The number of halogens is 6. The monoisotopic (exact) mass is 404 g/mol. The van der Waals surface area contributed by atoms with Crippen LogP contribution in [0, 0.1) is 5.82 Å². The van der Waals surface area contributed by atoms with Crippen molar-refractivity contribution in [2.45, 2.75) is 24.3 Å². The molecule has 1 N–H and O–H groups in total. The summed E-state index contributed by atoms with van der Waals surface area (Å²) in [6.07, 6.45) is -4.77. The number of nitrogens with zero attached hydrogens (tertiary/aromatic N) is 1. The number of hydrogen-bond donors (Lipinski definition) is 1. The summed E-state index contributed by atoms with van der Waals surface area (Å²) in [7, 11) is 0. The van der Waals surface area contributed by atoms with Gasteiger partial charge in [0.1, 0.15) is 12.4 Å². The molecule has 0 radical (unpaired) electrons. The summed E-state index contributed by atoms with van der Waals surface area (Å²) in [6.45, 7) is -1.49. The highest BCUT2D eigenvalue weighted by Gasteiger charge is 2.41. The van der Waals surface area contributed by atoms with E-state index in [2.05, 4.69) is 5.32 Å². The van der Waals surface area contributed by atoms with E-state index in [1.165, 1.54) is 30.3 Å². The molecule has 1 heterocycles. The topological polar surface area (TPSA) is 32.3 Å². The molecule has 9 heteroatoms. The average molecular weight is 405 g/mol. The minimum Gasteiger partial charge on any atom is -0.307 e. The third-order valence-corrected chi connectivity index (χ3v) is 4.30. The summed E-state index contributed by atoms with van der Waals surface area (Å²) in [5.41, 5.74) is -0.235. The number of alkyl halides is 5. The van der Waals surface area contributed by atoms with Gasteiger partial charge in [0.05, 0.1) is 6.04 Å². The van der Waals surface area contributed by atoms with Crippen LogP contribution in [-0.2, 0) is 6.42 Å². The largest absolute Gasteiger partial charge is 0.406 e. The molecule has 2 amide bonds. The highest BCUT2D eigenvalue weighted by Crippen LogP contribution is 2.40. The van der Waals surface area contributed by atoms with E-state index in [0.29, 0.717) is 27.3 Å². The Kier molecular flexibility index (Phi) is 5.28. The Bertz CT molecular complexity index is 839. The summed E-state index contributed by atoms with van der Waals surface area (Å²) in [4.78, 5) is 12.9. The average Bonchev–Trinajstić information content (AvgIpc) is 2.55. The van der Waals surface area contributed by atoms with Crippen molar-refractivity contribution in [3.05, 3.63) is 65.0 Å². The van der Waals surface area contributed by atoms with Crippen molar-refractivity contribution in [3.8, 4) is 0 Å². The smallest absolute Gasteiger partial charge is 0.307 e. The van der Waals surface area contributed by atoms with E-state index in [0.717, 1.165) is 12.1 Å². The molecule has 1 aliphatic rings. The summed E-state index contributed by atoms with van der Waals surface area (Å²) in [5.74, 6) is -0.558. The van der Waals surface area contributed by atoms with Crippen LogP contribution in [0.15, 0.2) is 42.5 Å². The van der Waals surface area contributed by atoms with Gasteiger partial charge in [-0.3, -0.25) is 0 Å². The first kappa shape index (κ1) is 19.4. The maximum absolute atomic E-state index is 13.3. The van der Waals surface area contributed by atoms with Crippen molar-refractivity contribution < 1.29 is 26.7 Å². The highest BCUT2D eigenvalue weighted by molar-refractivity contribution is 6.19. The Morgan fingerprint density at radius 2 is 1.81 bits per heavy atom. The lowest BCUT2D eigenvalue weighted by molar-refractivity contribution is -0.142. The molecular weight excluding hydrogens is 391 g/mol. The van der Waals surface area contributed by atoms with E-state index in [1.807, 2.05) is 0 Å². The van der Waals surface area contributed by atoms with Crippen LogP contribution in [0.5, 0.6) is 0 Å². The van der Waals surface area contributed by atoms with Crippen LogP contribution >= 0.6 is 11.6 Å². The molecule has 0 saturated carbocycles. The Labute approximate surface area is 156 Å². The number of hydrogen-bond acceptors (Lipinski definition) is 1. The second-order valence-corrected chi connectivity index (χ2v) is 6.62. The van der Waals surface area contributed by atoms with Gasteiger partial charge in [0, 0.05) is 17.7 Å². The zero-order valence-corrected chi connectivity index (χ0v) is 14.5. The molecule has 2 aromatic carbocycles. The zero-order valence-electron chi connectivity index (χ0n) is 13.7. The van der Waals surface area contributed by atoms with E-state index in [1.54, 1.807) is 0 Å². The normalized spacial score (nSPS) is 18.1. The second-order valence-electron chi connectivity index (χ2n) is 6.14. The van der Waals surface area contributed by atoms with Gasteiger partial charge in [0.15, 0.2) is 5.63 Å². The van der Waals surface area contributed by atoms with Gasteiger partial charge in [-0.05, 0) is 29.3 Å². The van der Waals surface area contributed by atoms with Gasteiger partial charge in [-0.15, -0.1) is 0 Å². The first-order chi connectivity index (χ1) is 12.6. The zero-order chi connectivity index (χ0) is 19.8. The fourth-order valence-electron chi connectivity index (χ4n) is 3.09. The van der Waals surface area contributed by atoms with E-state index in [9.17, 15) is 26.7 Å². The van der Waals surface area contributed by atoms with Crippen molar-refractivity contribution in [2.24, 2.45) is 0 Å². The third-order valence-electron chi connectivity index (χ3n) is 4.15. The lowest BCUT2D eigenvalue weighted by Gasteiger charge is -2.38. The number of rotatable bonds is 4. The van der Waals surface area contributed by atoms with Crippen LogP contribution in [0.4, 0.5) is 32.4 Å². The first-order valence-electron chi connectivity index (χ1n) is 7.95. The number of amides is 2. The molecular formula is C18H14ClF5N2O. The van der Waals surface area contributed by atoms with Gasteiger partial charge >= 0.3 is 12.2 Å². The maximum atomic E-state index is 13.3. The molecule has 0 aromatic heterocycles. The number of fused-ring (bicyclic) bond motifs is 1. The SMILES string of the molecule is O=C1Nc2ccc(CC(F)Cl)cc2C(c2ccc(F)cc2)N1CC(F)(F)F.